The molecule has 0 aromatic heterocycles. The van der Waals surface area contributed by atoms with Crippen LogP contribution in [0.1, 0.15) is 11.1 Å². The van der Waals surface area contributed by atoms with Crippen LogP contribution in [0.5, 0.6) is 5.75 Å². The van der Waals surface area contributed by atoms with Gasteiger partial charge in [0.15, 0.2) is 0 Å². The Morgan fingerprint density at radius 2 is 1.84 bits per heavy atom. The fourth-order valence-corrected chi connectivity index (χ4v) is 3.00. The van der Waals surface area contributed by atoms with E-state index in [2.05, 4.69) is 22.3 Å². The normalized spacial score (nSPS) is 15.2. The molecule has 4 nitrogen and oxygen atoms in total. The van der Waals surface area contributed by atoms with Crippen molar-refractivity contribution >= 4 is 11.6 Å². The van der Waals surface area contributed by atoms with Crippen LogP contribution in [-0.4, -0.2) is 44.3 Å². The van der Waals surface area contributed by atoms with E-state index in [1.54, 1.807) is 0 Å². The molecule has 0 amide bonds. The van der Waals surface area contributed by atoms with E-state index in [0.717, 1.165) is 62.3 Å². The molecule has 1 saturated heterocycles. The van der Waals surface area contributed by atoms with Crippen molar-refractivity contribution in [2.45, 2.75) is 13.2 Å². The van der Waals surface area contributed by atoms with Crippen LogP contribution < -0.4 is 10.1 Å². The quantitative estimate of drug-likeness (QED) is 0.732. The van der Waals surface area contributed by atoms with Crippen molar-refractivity contribution in [3.8, 4) is 5.75 Å². The van der Waals surface area contributed by atoms with E-state index in [0.29, 0.717) is 6.61 Å². The topological polar surface area (TPSA) is 33.7 Å². The Hall–Kier alpha value is -1.59. The van der Waals surface area contributed by atoms with Crippen LogP contribution in [0.2, 0.25) is 5.02 Å². The van der Waals surface area contributed by atoms with Crippen molar-refractivity contribution in [3.63, 3.8) is 0 Å². The van der Waals surface area contributed by atoms with Crippen molar-refractivity contribution in [2.24, 2.45) is 0 Å². The van der Waals surface area contributed by atoms with Crippen molar-refractivity contribution in [3.05, 3.63) is 64.7 Å². The molecule has 0 unspecified atom stereocenters. The lowest BCUT2D eigenvalue weighted by atomic mass is 10.2. The summed E-state index contributed by atoms with van der Waals surface area (Å²) in [5, 5.41) is 4.23. The Balaban J connectivity index is 1.36. The summed E-state index contributed by atoms with van der Waals surface area (Å²) in [6.45, 7) is 7.27. The van der Waals surface area contributed by atoms with Crippen LogP contribution in [0.4, 0.5) is 0 Å². The van der Waals surface area contributed by atoms with Crippen LogP contribution in [-0.2, 0) is 17.9 Å². The minimum atomic E-state index is 0.526. The second-order valence-electron chi connectivity index (χ2n) is 6.19. The van der Waals surface area contributed by atoms with Gasteiger partial charge in [0.05, 0.1) is 13.2 Å². The summed E-state index contributed by atoms with van der Waals surface area (Å²) >= 11 is 5.99. The Bertz CT molecular complexity index is 642. The van der Waals surface area contributed by atoms with Crippen molar-refractivity contribution in [2.75, 3.05) is 39.4 Å². The van der Waals surface area contributed by atoms with Gasteiger partial charge in [-0.25, -0.2) is 0 Å². The molecule has 5 heteroatoms. The first kappa shape index (κ1) is 18.2. The van der Waals surface area contributed by atoms with Gasteiger partial charge in [-0.2, -0.15) is 0 Å². The van der Waals surface area contributed by atoms with Gasteiger partial charge in [-0.1, -0.05) is 35.9 Å². The van der Waals surface area contributed by atoms with E-state index in [4.69, 9.17) is 21.1 Å². The van der Waals surface area contributed by atoms with E-state index < -0.39 is 0 Å². The molecule has 0 atom stereocenters. The van der Waals surface area contributed by atoms with Gasteiger partial charge < -0.3 is 14.8 Å². The Kier molecular flexibility index (Phi) is 7.12. The van der Waals surface area contributed by atoms with Gasteiger partial charge >= 0.3 is 0 Å². The van der Waals surface area contributed by atoms with E-state index in [1.807, 2.05) is 36.4 Å². The van der Waals surface area contributed by atoms with Crippen LogP contribution >= 0.6 is 11.6 Å². The highest BCUT2D eigenvalue weighted by Gasteiger charge is 2.08. The van der Waals surface area contributed by atoms with E-state index >= 15 is 0 Å². The molecule has 0 bridgehead atoms. The average molecular weight is 361 g/mol. The highest BCUT2D eigenvalue weighted by molar-refractivity contribution is 6.30. The number of hydrogen-bond acceptors (Lipinski definition) is 4. The molecular formula is C20H25ClN2O2. The van der Waals surface area contributed by atoms with Gasteiger partial charge in [-0.3, -0.25) is 4.90 Å². The third kappa shape index (κ3) is 6.33. The standard InChI is InChI=1S/C20H25ClN2O2/c21-19-3-1-2-18(14-19)16-25-20-6-4-17(5-7-20)15-22-8-9-23-10-12-24-13-11-23/h1-7,14,22H,8-13,15-16H2. The first-order chi connectivity index (χ1) is 12.3. The highest BCUT2D eigenvalue weighted by Crippen LogP contribution is 2.16. The molecular weight excluding hydrogens is 336 g/mol. The van der Waals surface area contributed by atoms with Crippen LogP contribution in [0.25, 0.3) is 0 Å². The maximum Gasteiger partial charge on any atom is 0.119 e. The summed E-state index contributed by atoms with van der Waals surface area (Å²) in [5.74, 6) is 0.872. The zero-order valence-corrected chi connectivity index (χ0v) is 15.2. The van der Waals surface area contributed by atoms with Gasteiger partial charge in [-0.15, -0.1) is 0 Å². The Morgan fingerprint density at radius 3 is 2.60 bits per heavy atom. The van der Waals surface area contributed by atoms with Crippen molar-refractivity contribution in [1.82, 2.24) is 10.2 Å². The Labute approximate surface area is 154 Å². The van der Waals surface area contributed by atoms with Crippen molar-refractivity contribution < 1.29 is 9.47 Å². The maximum absolute atomic E-state index is 5.99. The fourth-order valence-electron chi connectivity index (χ4n) is 2.79. The second-order valence-corrected chi connectivity index (χ2v) is 6.63. The number of ether oxygens (including phenoxy) is 2. The maximum atomic E-state index is 5.99. The summed E-state index contributed by atoms with van der Waals surface area (Å²) in [6.07, 6.45) is 0. The molecule has 3 rings (SSSR count). The van der Waals surface area contributed by atoms with Gasteiger partial charge in [0, 0.05) is 37.7 Å². The van der Waals surface area contributed by atoms with E-state index in [-0.39, 0.29) is 0 Å². The number of nitrogens with one attached hydrogen (secondary N) is 1. The summed E-state index contributed by atoms with van der Waals surface area (Å²) in [4.78, 5) is 2.43. The SMILES string of the molecule is Clc1cccc(COc2ccc(CNCCN3CCOCC3)cc2)c1. The smallest absolute Gasteiger partial charge is 0.119 e. The number of hydrogen-bond donors (Lipinski definition) is 1. The molecule has 1 aliphatic rings. The van der Waals surface area contributed by atoms with Gasteiger partial charge in [0.1, 0.15) is 12.4 Å². The molecule has 1 heterocycles. The first-order valence-corrected chi connectivity index (χ1v) is 9.14. The third-order valence-corrected chi connectivity index (χ3v) is 4.49. The number of benzene rings is 2. The molecule has 2 aromatic carbocycles. The number of rotatable bonds is 8. The molecule has 25 heavy (non-hydrogen) atoms. The number of morpholine rings is 1. The fraction of sp³-hybridized carbons (Fsp3) is 0.400. The molecule has 1 fully saturated rings. The lowest BCUT2D eigenvalue weighted by Gasteiger charge is -2.26. The van der Waals surface area contributed by atoms with Crippen molar-refractivity contribution in [1.29, 1.82) is 0 Å². The molecule has 0 aliphatic carbocycles. The molecule has 0 spiro atoms. The molecule has 1 aliphatic heterocycles. The summed E-state index contributed by atoms with van der Waals surface area (Å²) in [6, 6.07) is 16.0. The highest BCUT2D eigenvalue weighted by atomic mass is 35.5. The summed E-state index contributed by atoms with van der Waals surface area (Å²) in [7, 11) is 0. The summed E-state index contributed by atoms with van der Waals surface area (Å²) in [5.41, 5.74) is 2.33. The molecule has 0 saturated carbocycles. The predicted octanol–water partition coefficient (Wildman–Crippen LogP) is 3.34. The minimum Gasteiger partial charge on any atom is -0.489 e. The lowest BCUT2D eigenvalue weighted by Crippen LogP contribution is -2.40. The molecule has 134 valence electrons. The van der Waals surface area contributed by atoms with Crippen LogP contribution in [0.15, 0.2) is 48.5 Å². The van der Waals surface area contributed by atoms with E-state index in [1.165, 1.54) is 5.56 Å². The zero-order chi connectivity index (χ0) is 17.3. The Morgan fingerprint density at radius 1 is 1.04 bits per heavy atom. The minimum absolute atomic E-state index is 0.526. The molecule has 2 aromatic rings. The largest absolute Gasteiger partial charge is 0.489 e. The van der Waals surface area contributed by atoms with Gasteiger partial charge in [0.2, 0.25) is 0 Å². The monoisotopic (exact) mass is 360 g/mol. The molecule has 0 radical (unpaired) electrons. The third-order valence-electron chi connectivity index (χ3n) is 4.26. The summed E-state index contributed by atoms with van der Waals surface area (Å²) < 4.78 is 11.2. The predicted molar refractivity (Wildman–Crippen MR) is 101 cm³/mol. The molecule has 1 N–H and O–H groups in total. The van der Waals surface area contributed by atoms with Crippen LogP contribution in [0.3, 0.4) is 0 Å². The van der Waals surface area contributed by atoms with Gasteiger partial charge in [0.25, 0.3) is 0 Å². The number of halogens is 1. The number of nitrogens with zero attached hydrogens (tertiary/aromatic N) is 1. The lowest BCUT2D eigenvalue weighted by molar-refractivity contribution is 0.0384. The zero-order valence-electron chi connectivity index (χ0n) is 14.4. The van der Waals surface area contributed by atoms with Crippen LogP contribution in [0, 0.1) is 0 Å². The first-order valence-electron chi connectivity index (χ1n) is 8.76. The van der Waals surface area contributed by atoms with E-state index in [9.17, 15) is 0 Å². The average Bonchev–Trinajstić information content (AvgIpc) is 2.65. The second kappa shape index (κ2) is 9.78. The van der Waals surface area contributed by atoms with Gasteiger partial charge in [-0.05, 0) is 35.4 Å².